The van der Waals surface area contributed by atoms with Crippen LogP contribution in [0.3, 0.4) is 0 Å². The molecule has 0 unspecified atom stereocenters. The topological polar surface area (TPSA) is 60.2 Å². The summed E-state index contributed by atoms with van der Waals surface area (Å²) < 4.78 is 11.7. The minimum Gasteiger partial charge on any atom is -0.367 e. The first kappa shape index (κ1) is 15.0. The molecular formula is C16H27N3O2. The van der Waals surface area contributed by atoms with Crippen molar-refractivity contribution in [2.75, 3.05) is 19.7 Å². The van der Waals surface area contributed by atoms with E-state index in [0.717, 1.165) is 50.5 Å². The second-order valence-corrected chi connectivity index (χ2v) is 6.32. The molecule has 118 valence electrons. The van der Waals surface area contributed by atoms with Crippen molar-refractivity contribution in [1.29, 1.82) is 0 Å². The predicted octanol–water partition coefficient (Wildman–Crippen LogP) is 3.12. The van der Waals surface area contributed by atoms with E-state index in [-0.39, 0.29) is 5.60 Å². The Labute approximate surface area is 126 Å². The zero-order valence-corrected chi connectivity index (χ0v) is 13.1. The summed E-state index contributed by atoms with van der Waals surface area (Å²) in [6, 6.07) is 0. The van der Waals surface area contributed by atoms with Crippen molar-refractivity contribution in [3.8, 4) is 0 Å². The van der Waals surface area contributed by atoms with E-state index in [2.05, 4.69) is 17.4 Å². The summed E-state index contributed by atoms with van der Waals surface area (Å²) in [6.07, 6.45) is 9.17. The van der Waals surface area contributed by atoms with Gasteiger partial charge in [-0.15, -0.1) is 0 Å². The third-order valence-corrected chi connectivity index (χ3v) is 4.87. The van der Waals surface area contributed by atoms with E-state index < -0.39 is 0 Å². The molecule has 1 aliphatic heterocycles. The molecule has 2 heterocycles. The molecule has 1 aromatic heterocycles. The van der Waals surface area contributed by atoms with Crippen molar-refractivity contribution >= 4 is 0 Å². The zero-order chi connectivity index (χ0) is 14.5. The van der Waals surface area contributed by atoms with Crippen LogP contribution < -0.4 is 5.32 Å². The summed E-state index contributed by atoms with van der Waals surface area (Å²) in [5.41, 5.74) is -0.306. The zero-order valence-electron chi connectivity index (χ0n) is 13.1. The van der Waals surface area contributed by atoms with E-state index in [1.807, 2.05) is 0 Å². The highest BCUT2D eigenvalue weighted by atomic mass is 16.5. The molecule has 1 saturated carbocycles. The molecule has 0 atom stereocenters. The summed E-state index contributed by atoms with van der Waals surface area (Å²) in [5, 5.41) is 7.69. The number of aromatic nitrogens is 2. The first-order valence-electron chi connectivity index (χ1n) is 8.53. The van der Waals surface area contributed by atoms with E-state index in [1.165, 1.54) is 25.7 Å². The van der Waals surface area contributed by atoms with Gasteiger partial charge in [-0.05, 0) is 45.7 Å². The van der Waals surface area contributed by atoms with Gasteiger partial charge in [0.25, 0.3) is 0 Å². The Bertz CT molecular complexity index is 432. The van der Waals surface area contributed by atoms with Crippen LogP contribution in [0.1, 0.15) is 75.9 Å². The molecule has 5 nitrogen and oxygen atoms in total. The third kappa shape index (κ3) is 3.29. The van der Waals surface area contributed by atoms with Crippen LogP contribution in [0.2, 0.25) is 0 Å². The molecule has 5 heteroatoms. The Morgan fingerprint density at radius 1 is 1.19 bits per heavy atom. The normalized spacial score (nSPS) is 23.9. The first-order valence-corrected chi connectivity index (χ1v) is 8.53. The highest BCUT2D eigenvalue weighted by molar-refractivity contribution is 5.05. The van der Waals surface area contributed by atoms with Crippen LogP contribution >= 0.6 is 0 Å². The molecule has 1 saturated heterocycles. The number of hydrogen-bond acceptors (Lipinski definition) is 5. The van der Waals surface area contributed by atoms with Gasteiger partial charge in [0.1, 0.15) is 5.60 Å². The molecule has 2 aliphatic rings. The van der Waals surface area contributed by atoms with Gasteiger partial charge >= 0.3 is 0 Å². The molecule has 0 aromatic carbocycles. The largest absolute Gasteiger partial charge is 0.367 e. The smallest absolute Gasteiger partial charge is 0.229 e. The fraction of sp³-hybridized carbons (Fsp3) is 0.875. The van der Waals surface area contributed by atoms with Crippen LogP contribution in [0.15, 0.2) is 4.52 Å². The van der Waals surface area contributed by atoms with Gasteiger partial charge in [0, 0.05) is 12.5 Å². The first-order chi connectivity index (χ1) is 10.3. The molecule has 0 bridgehead atoms. The van der Waals surface area contributed by atoms with Crippen molar-refractivity contribution in [1.82, 2.24) is 15.5 Å². The maximum absolute atomic E-state index is 6.14. The van der Waals surface area contributed by atoms with Crippen molar-refractivity contribution < 1.29 is 9.26 Å². The highest BCUT2D eigenvalue weighted by Crippen LogP contribution is 2.38. The van der Waals surface area contributed by atoms with Gasteiger partial charge in [0.15, 0.2) is 0 Å². The Hall–Kier alpha value is -0.940. The average Bonchev–Trinajstić information content (AvgIpc) is 2.91. The molecule has 1 aliphatic carbocycles. The minimum atomic E-state index is -0.306. The maximum Gasteiger partial charge on any atom is 0.229 e. The van der Waals surface area contributed by atoms with Gasteiger partial charge in [-0.25, -0.2) is 0 Å². The van der Waals surface area contributed by atoms with Gasteiger partial charge < -0.3 is 14.6 Å². The second-order valence-electron chi connectivity index (χ2n) is 6.32. The van der Waals surface area contributed by atoms with Crippen LogP contribution in [0.5, 0.6) is 0 Å². The summed E-state index contributed by atoms with van der Waals surface area (Å²) >= 11 is 0. The van der Waals surface area contributed by atoms with E-state index in [0.29, 0.717) is 12.5 Å². The minimum absolute atomic E-state index is 0.306. The predicted molar refractivity (Wildman–Crippen MR) is 80.1 cm³/mol. The van der Waals surface area contributed by atoms with Crippen LogP contribution in [-0.4, -0.2) is 29.8 Å². The monoisotopic (exact) mass is 293 g/mol. The molecule has 0 radical (unpaired) electrons. The lowest BCUT2D eigenvalue weighted by molar-refractivity contribution is -0.0636. The lowest BCUT2D eigenvalue weighted by atomic mass is 9.93. The summed E-state index contributed by atoms with van der Waals surface area (Å²) in [6.45, 7) is 4.84. The fourth-order valence-electron chi connectivity index (χ4n) is 3.66. The number of hydrogen-bond donors (Lipinski definition) is 1. The van der Waals surface area contributed by atoms with Gasteiger partial charge in [-0.2, -0.15) is 4.98 Å². The Kier molecular flexibility index (Phi) is 4.91. The van der Waals surface area contributed by atoms with E-state index >= 15 is 0 Å². The van der Waals surface area contributed by atoms with Crippen molar-refractivity contribution in [3.05, 3.63) is 11.7 Å². The van der Waals surface area contributed by atoms with Crippen molar-refractivity contribution in [2.24, 2.45) is 0 Å². The second kappa shape index (κ2) is 6.88. The van der Waals surface area contributed by atoms with Crippen LogP contribution in [0, 0.1) is 0 Å². The molecule has 2 fully saturated rings. The number of nitrogens with one attached hydrogen (secondary N) is 1. The Balaban J connectivity index is 1.80. The van der Waals surface area contributed by atoms with Crippen LogP contribution in [0.4, 0.5) is 0 Å². The number of rotatable bonds is 4. The molecule has 0 spiro atoms. The third-order valence-electron chi connectivity index (χ3n) is 4.87. The lowest BCUT2D eigenvalue weighted by Gasteiger charge is -2.29. The Morgan fingerprint density at radius 3 is 2.57 bits per heavy atom. The van der Waals surface area contributed by atoms with Crippen molar-refractivity contribution in [2.45, 2.75) is 69.8 Å². The van der Waals surface area contributed by atoms with E-state index in [4.69, 9.17) is 14.2 Å². The molecule has 1 aromatic rings. The Morgan fingerprint density at radius 2 is 1.90 bits per heavy atom. The van der Waals surface area contributed by atoms with Gasteiger partial charge in [-0.3, -0.25) is 0 Å². The van der Waals surface area contributed by atoms with Gasteiger partial charge in [0.05, 0.1) is 0 Å². The average molecular weight is 293 g/mol. The van der Waals surface area contributed by atoms with Gasteiger partial charge in [0.2, 0.25) is 11.7 Å². The molecular weight excluding hydrogens is 266 g/mol. The van der Waals surface area contributed by atoms with Gasteiger partial charge in [-0.1, -0.05) is 30.8 Å². The molecule has 1 N–H and O–H groups in total. The van der Waals surface area contributed by atoms with E-state index in [1.54, 1.807) is 0 Å². The summed E-state index contributed by atoms with van der Waals surface area (Å²) in [4.78, 5) is 4.76. The standard InChI is InChI=1S/C16H27N3O2/c1-2-20-16(9-5-3-4-6-10-16)15-18-14(21-19-15)13-7-11-17-12-8-13/h13,17H,2-12H2,1H3. The molecule has 0 amide bonds. The SMILES string of the molecule is CCOC1(c2noc(C3CCNCC3)n2)CCCCCC1. The summed E-state index contributed by atoms with van der Waals surface area (Å²) in [7, 11) is 0. The van der Waals surface area contributed by atoms with Crippen molar-refractivity contribution in [3.63, 3.8) is 0 Å². The van der Waals surface area contributed by atoms with E-state index in [9.17, 15) is 0 Å². The van der Waals surface area contributed by atoms with Crippen LogP contribution in [-0.2, 0) is 10.3 Å². The molecule has 21 heavy (non-hydrogen) atoms. The number of piperidine rings is 1. The van der Waals surface area contributed by atoms with Crippen LogP contribution in [0.25, 0.3) is 0 Å². The maximum atomic E-state index is 6.14. The summed E-state index contributed by atoms with van der Waals surface area (Å²) in [5.74, 6) is 2.02. The number of nitrogens with zero attached hydrogens (tertiary/aromatic N) is 2. The number of ether oxygens (including phenoxy) is 1. The highest BCUT2D eigenvalue weighted by Gasteiger charge is 2.39. The quantitative estimate of drug-likeness (QED) is 0.864. The molecule has 3 rings (SSSR count). The fourth-order valence-corrected chi connectivity index (χ4v) is 3.66. The lowest BCUT2D eigenvalue weighted by Crippen LogP contribution is -2.31.